The second kappa shape index (κ2) is 11.9. The van der Waals surface area contributed by atoms with Gasteiger partial charge in [0.15, 0.2) is 0 Å². The number of rotatable bonds is 10. The molecule has 3 rings (SSSR count). The molecule has 0 fully saturated rings. The highest BCUT2D eigenvalue weighted by molar-refractivity contribution is 7.99. The second-order valence-corrected chi connectivity index (χ2v) is 8.67. The largest absolute Gasteiger partial charge is 0.497 e. The minimum absolute atomic E-state index is 0.227. The summed E-state index contributed by atoms with van der Waals surface area (Å²) in [4.78, 5) is 26.0. The molecule has 0 bridgehead atoms. The first-order valence-corrected chi connectivity index (χ1v) is 11.7. The lowest BCUT2D eigenvalue weighted by molar-refractivity contribution is -0.146. The van der Waals surface area contributed by atoms with E-state index in [1.54, 1.807) is 44.4 Å². The Kier molecular flexibility index (Phi) is 8.92. The van der Waals surface area contributed by atoms with Crippen molar-refractivity contribution < 1.29 is 32.6 Å². The molecule has 1 aliphatic carbocycles. The summed E-state index contributed by atoms with van der Waals surface area (Å²) in [7, 11) is 3.07. The maximum atomic E-state index is 13.0. The summed E-state index contributed by atoms with van der Waals surface area (Å²) in [5.41, 5.74) is 0.928. The van der Waals surface area contributed by atoms with Crippen LogP contribution in [0.4, 0.5) is 8.78 Å². The van der Waals surface area contributed by atoms with Gasteiger partial charge in [-0.05, 0) is 55.7 Å². The van der Waals surface area contributed by atoms with Gasteiger partial charge >= 0.3 is 5.97 Å². The molecule has 0 aliphatic heterocycles. The number of amides is 1. The number of thioether (sulfide) groups is 1. The SMILES string of the molecule is CCOC(=O)[C@H](c1cc(OC)ccc1OC)[C@@H]1C=C[C@@H](NC(=O)c2cccc(SC(F)F)c2)C1. The number of carbonyl (C=O) groups is 2. The van der Waals surface area contributed by atoms with Gasteiger partial charge in [0.2, 0.25) is 0 Å². The van der Waals surface area contributed by atoms with Gasteiger partial charge < -0.3 is 19.5 Å². The summed E-state index contributed by atoms with van der Waals surface area (Å²) in [6.07, 6.45) is 4.18. The number of benzene rings is 2. The average molecular weight is 492 g/mol. The molecule has 0 radical (unpaired) electrons. The quantitative estimate of drug-likeness (QED) is 0.285. The number of ether oxygens (including phenoxy) is 3. The van der Waals surface area contributed by atoms with Crippen LogP contribution in [0.5, 0.6) is 11.5 Å². The third kappa shape index (κ3) is 6.28. The Labute approximate surface area is 201 Å². The van der Waals surface area contributed by atoms with Gasteiger partial charge in [0.1, 0.15) is 11.5 Å². The van der Waals surface area contributed by atoms with Crippen LogP contribution in [0.15, 0.2) is 59.5 Å². The first-order chi connectivity index (χ1) is 16.4. The molecular formula is C25H27F2NO5S. The predicted molar refractivity (Wildman–Crippen MR) is 126 cm³/mol. The predicted octanol–water partition coefficient (Wildman–Crippen LogP) is 5.04. The van der Waals surface area contributed by atoms with Crippen LogP contribution in [0.2, 0.25) is 0 Å². The van der Waals surface area contributed by atoms with Crippen molar-refractivity contribution in [3.8, 4) is 11.5 Å². The highest BCUT2D eigenvalue weighted by Crippen LogP contribution is 2.40. The lowest BCUT2D eigenvalue weighted by Gasteiger charge is -2.24. The molecule has 0 unspecified atom stereocenters. The molecule has 9 heteroatoms. The fourth-order valence-corrected chi connectivity index (χ4v) is 4.55. The van der Waals surface area contributed by atoms with Crippen LogP contribution in [0.1, 0.15) is 35.2 Å². The average Bonchev–Trinajstić information content (AvgIpc) is 3.26. The lowest BCUT2D eigenvalue weighted by atomic mass is 9.84. The lowest BCUT2D eigenvalue weighted by Crippen LogP contribution is -2.34. The van der Waals surface area contributed by atoms with Crippen LogP contribution in [-0.4, -0.2) is 44.5 Å². The second-order valence-electron chi connectivity index (χ2n) is 7.61. The highest BCUT2D eigenvalue weighted by Gasteiger charge is 2.36. The summed E-state index contributed by atoms with van der Waals surface area (Å²) < 4.78 is 41.5. The number of allylic oxidation sites excluding steroid dienone is 1. The Morgan fingerprint density at radius 2 is 1.91 bits per heavy atom. The van der Waals surface area contributed by atoms with Gasteiger partial charge in [0.05, 0.1) is 26.7 Å². The molecule has 2 aromatic carbocycles. The van der Waals surface area contributed by atoms with E-state index < -0.39 is 17.6 Å². The van der Waals surface area contributed by atoms with Crippen molar-refractivity contribution in [1.82, 2.24) is 5.32 Å². The van der Waals surface area contributed by atoms with E-state index >= 15 is 0 Å². The van der Waals surface area contributed by atoms with Crippen molar-refractivity contribution in [3.05, 3.63) is 65.7 Å². The van der Waals surface area contributed by atoms with Crippen molar-refractivity contribution in [1.29, 1.82) is 0 Å². The Hall–Kier alpha value is -3.07. The number of carbonyl (C=O) groups excluding carboxylic acids is 2. The molecule has 1 aliphatic rings. The number of methoxy groups -OCH3 is 2. The number of hydrogen-bond donors (Lipinski definition) is 1. The fraction of sp³-hybridized carbons (Fsp3) is 0.360. The van der Waals surface area contributed by atoms with Gasteiger partial charge in [-0.3, -0.25) is 9.59 Å². The number of halogens is 2. The van der Waals surface area contributed by atoms with E-state index in [4.69, 9.17) is 14.2 Å². The zero-order valence-corrected chi connectivity index (χ0v) is 19.9. The number of alkyl halides is 2. The van der Waals surface area contributed by atoms with E-state index in [1.165, 1.54) is 19.2 Å². The van der Waals surface area contributed by atoms with E-state index in [1.807, 2.05) is 12.2 Å². The van der Waals surface area contributed by atoms with Gasteiger partial charge in [-0.2, -0.15) is 8.78 Å². The van der Waals surface area contributed by atoms with E-state index in [9.17, 15) is 18.4 Å². The minimum atomic E-state index is -2.56. The van der Waals surface area contributed by atoms with Gasteiger partial charge in [-0.15, -0.1) is 0 Å². The number of nitrogens with one attached hydrogen (secondary N) is 1. The zero-order valence-electron chi connectivity index (χ0n) is 19.1. The van der Waals surface area contributed by atoms with Crippen molar-refractivity contribution in [2.24, 2.45) is 5.92 Å². The highest BCUT2D eigenvalue weighted by atomic mass is 32.2. The summed E-state index contributed by atoms with van der Waals surface area (Å²) in [5.74, 6) is -3.14. The Morgan fingerprint density at radius 3 is 2.59 bits per heavy atom. The van der Waals surface area contributed by atoms with E-state index in [-0.39, 0.29) is 24.5 Å². The third-order valence-corrected chi connectivity index (χ3v) is 6.20. The molecule has 182 valence electrons. The van der Waals surface area contributed by atoms with Gasteiger partial charge in [0.25, 0.3) is 11.7 Å². The molecule has 1 amide bonds. The summed E-state index contributed by atoms with van der Waals surface area (Å²) in [6, 6.07) is 11.0. The molecule has 1 N–H and O–H groups in total. The van der Waals surface area contributed by atoms with Crippen LogP contribution in [0.3, 0.4) is 0 Å². The summed E-state index contributed by atoms with van der Waals surface area (Å²) >= 11 is 0.388. The number of esters is 1. The molecule has 0 aromatic heterocycles. The van der Waals surface area contributed by atoms with Crippen molar-refractivity contribution in [2.45, 2.75) is 36.0 Å². The van der Waals surface area contributed by atoms with E-state index in [2.05, 4.69) is 5.32 Å². The van der Waals surface area contributed by atoms with Crippen molar-refractivity contribution in [2.75, 3.05) is 20.8 Å². The van der Waals surface area contributed by atoms with Crippen LogP contribution < -0.4 is 14.8 Å². The van der Waals surface area contributed by atoms with Crippen LogP contribution >= 0.6 is 11.8 Å². The van der Waals surface area contributed by atoms with Crippen molar-refractivity contribution >= 4 is 23.6 Å². The molecule has 2 aromatic rings. The maximum Gasteiger partial charge on any atom is 0.314 e. The first kappa shape index (κ1) is 25.6. The Bertz CT molecular complexity index is 1050. The molecule has 3 atom stereocenters. The van der Waals surface area contributed by atoms with Gasteiger partial charge in [-0.1, -0.05) is 30.0 Å². The smallest absolute Gasteiger partial charge is 0.314 e. The van der Waals surface area contributed by atoms with Crippen molar-refractivity contribution in [3.63, 3.8) is 0 Å². The van der Waals surface area contributed by atoms with E-state index in [0.717, 1.165) is 0 Å². The Balaban J connectivity index is 1.78. The van der Waals surface area contributed by atoms with Crippen LogP contribution in [0, 0.1) is 5.92 Å². The summed E-state index contributed by atoms with van der Waals surface area (Å²) in [5, 5.41) is 2.90. The standard InChI is InChI=1S/C25H27F2NO5S/c1-4-33-24(30)22(20-14-18(31-2)10-11-21(20)32-3)15-8-9-17(12-15)28-23(29)16-6-5-7-19(13-16)34-25(26)27/h5-11,13-15,17,22,25H,4,12H2,1-3H3,(H,28,29)/t15-,17-,22+/m1/s1. The fourth-order valence-electron chi connectivity index (χ4n) is 3.99. The molecule has 0 spiro atoms. The molecule has 0 heterocycles. The molecule has 6 nitrogen and oxygen atoms in total. The van der Waals surface area contributed by atoms with Crippen LogP contribution in [0.25, 0.3) is 0 Å². The monoisotopic (exact) mass is 491 g/mol. The van der Waals surface area contributed by atoms with Crippen LogP contribution in [-0.2, 0) is 9.53 Å². The minimum Gasteiger partial charge on any atom is -0.497 e. The molecular weight excluding hydrogens is 464 g/mol. The molecule has 0 saturated heterocycles. The van der Waals surface area contributed by atoms with E-state index in [0.29, 0.717) is 45.7 Å². The zero-order chi connectivity index (χ0) is 24.7. The maximum absolute atomic E-state index is 13.0. The third-order valence-electron chi connectivity index (χ3n) is 5.50. The number of hydrogen-bond acceptors (Lipinski definition) is 6. The Morgan fingerprint density at radius 1 is 1.12 bits per heavy atom. The topological polar surface area (TPSA) is 73.9 Å². The molecule has 34 heavy (non-hydrogen) atoms. The van der Waals surface area contributed by atoms with Gasteiger partial charge in [-0.25, -0.2) is 0 Å². The molecule has 0 saturated carbocycles. The van der Waals surface area contributed by atoms with Gasteiger partial charge in [0, 0.05) is 22.1 Å². The first-order valence-electron chi connectivity index (χ1n) is 10.8. The normalized spacial score (nSPS) is 17.9. The summed E-state index contributed by atoms with van der Waals surface area (Å²) in [6.45, 7) is 1.97.